The van der Waals surface area contributed by atoms with Gasteiger partial charge in [0.1, 0.15) is 9.50 Å². The van der Waals surface area contributed by atoms with Gasteiger partial charge in [0.15, 0.2) is 0 Å². The molecule has 0 aromatic carbocycles. The van der Waals surface area contributed by atoms with Crippen molar-refractivity contribution in [2.24, 2.45) is 0 Å². The number of H-pyrrole nitrogens is 1. The quantitative estimate of drug-likeness (QED) is 0.850. The van der Waals surface area contributed by atoms with Gasteiger partial charge in [-0.1, -0.05) is 0 Å². The number of hydrogen-bond acceptors (Lipinski definition) is 6. The number of hydrogen-bond donors (Lipinski definition) is 1. The highest BCUT2D eigenvalue weighted by atomic mass is 79.9. The molecule has 1 aliphatic carbocycles. The number of nitrogens with zero attached hydrogens (tertiary/aromatic N) is 5. The van der Waals surface area contributed by atoms with Gasteiger partial charge in [-0.2, -0.15) is 0 Å². The Labute approximate surface area is 108 Å². The smallest absolute Gasteiger partial charge is 0.266 e. The van der Waals surface area contributed by atoms with Crippen LogP contribution in [0.1, 0.15) is 18.9 Å². The molecule has 1 aliphatic rings. The summed E-state index contributed by atoms with van der Waals surface area (Å²) in [5, 5.41) is 12.7. The van der Waals surface area contributed by atoms with E-state index >= 15 is 0 Å². The van der Waals surface area contributed by atoms with E-state index in [1.54, 1.807) is 4.68 Å². The molecule has 0 bridgehead atoms. The van der Waals surface area contributed by atoms with E-state index in [1.165, 1.54) is 18.1 Å². The van der Waals surface area contributed by atoms with Gasteiger partial charge in [-0.05, 0) is 51.0 Å². The summed E-state index contributed by atoms with van der Waals surface area (Å²) in [6, 6.07) is 0.397. The van der Waals surface area contributed by atoms with Crippen molar-refractivity contribution in [1.82, 2.24) is 30.2 Å². The first kappa shape index (κ1) is 10.9. The van der Waals surface area contributed by atoms with Crippen LogP contribution in [0.4, 0.5) is 0 Å². The minimum absolute atomic E-state index is 0.215. The van der Waals surface area contributed by atoms with Crippen molar-refractivity contribution in [3.63, 3.8) is 0 Å². The van der Waals surface area contributed by atoms with Crippen LogP contribution < -0.4 is 5.56 Å². The van der Waals surface area contributed by atoms with E-state index < -0.39 is 0 Å². The summed E-state index contributed by atoms with van der Waals surface area (Å²) in [5.41, 5.74) is -0.215. The molecule has 0 aliphatic heterocycles. The van der Waals surface area contributed by atoms with Crippen LogP contribution in [0.2, 0.25) is 0 Å². The molecule has 1 saturated carbocycles. The molecule has 1 fully saturated rings. The van der Waals surface area contributed by atoms with Crippen molar-refractivity contribution in [3.05, 3.63) is 21.2 Å². The Hall–Kier alpha value is -1.22. The van der Waals surface area contributed by atoms with Gasteiger partial charge in [-0.15, -0.1) is 5.10 Å². The molecule has 2 aromatic heterocycles. The maximum atomic E-state index is 11.4. The Kier molecular flexibility index (Phi) is 2.71. The Morgan fingerprint density at radius 2 is 2.35 bits per heavy atom. The molecule has 0 atom stereocenters. The lowest BCUT2D eigenvalue weighted by Crippen LogP contribution is -2.08. The van der Waals surface area contributed by atoms with E-state index in [-0.39, 0.29) is 5.56 Å². The number of tetrazole rings is 1. The molecule has 7 nitrogen and oxygen atoms in total. The van der Waals surface area contributed by atoms with Crippen molar-refractivity contribution in [2.45, 2.75) is 29.1 Å². The molecule has 17 heavy (non-hydrogen) atoms. The van der Waals surface area contributed by atoms with Crippen LogP contribution in [-0.4, -0.2) is 30.2 Å². The molecule has 9 heteroatoms. The predicted octanol–water partition coefficient (Wildman–Crippen LogP) is 1.01. The van der Waals surface area contributed by atoms with Gasteiger partial charge in [0.25, 0.3) is 5.56 Å². The van der Waals surface area contributed by atoms with Gasteiger partial charge < -0.3 is 4.98 Å². The van der Waals surface area contributed by atoms with Gasteiger partial charge in [0.05, 0.1) is 12.4 Å². The van der Waals surface area contributed by atoms with Gasteiger partial charge in [-0.25, -0.2) is 9.67 Å². The van der Waals surface area contributed by atoms with Crippen LogP contribution >= 0.6 is 27.7 Å². The first-order valence-corrected chi connectivity index (χ1v) is 6.55. The number of nitrogens with one attached hydrogen (secondary N) is 1. The highest BCUT2D eigenvalue weighted by Crippen LogP contribution is 2.38. The molecule has 1 N–H and O–H groups in total. The third-order valence-electron chi connectivity index (χ3n) is 2.31. The molecular formula is C8H7BrN6OS. The summed E-state index contributed by atoms with van der Waals surface area (Å²) in [5.74, 6) is 0. The minimum atomic E-state index is -0.215. The summed E-state index contributed by atoms with van der Waals surface area (Å²) in [6.45, 7) is 0. The average Bonchev–Trinajstić information content (AvgIpc) is 3.06. The summed E-state index contributed by atoms with van der Waals surface area (Å²) < 4.78 is 2.18. The molecule has 88 valence electrons. The van der Waals surface area contributed by atoms with Crippen molar-refractivity contribution >= 4 is 27.7 Å². The molecule has 2 heterocycles. The van der Waals surface area contributed by atoms with E-state index in [9.17, 15) is 4.79 Å². The normalized spacial score (nSPS) is 15.1. The van der Waals surface area contributed by atoms with Crippen LogP contribution in [0.5, 0.6) is 0 Å². The SMILES string of the molecule is O=c1[nH]cnc(Sc2nnnn2C2CC2)c1Br. The molecular weight excluding hydrogens is 308 g/mol. The topological polar surface area (TPSA) is 89.3 Å². The second-order valence-corrected chi connectivity index (χ2v) is 5.34. The zero-order valence-electron chi connectivity index (χ0n) is 8.50. The summed E-state index contributed by atoms with van der Waals surface area (Å²) in [7, 11) is 0. The van der Waals surface area contributed by atoms with Crippen LogP contribution in [0.15, 0.2) is 25.8 Å². The molecule has 2 aromatic rings. The molecule has 3 rings (SSSR count). The monoisotopic (exact) mass is 314 g/mol. The number of halogens is 1. The fraction of sp³-hybridized carbons (Fsp3) is 0.375. The number of aromatic nitrogens is 6. The second-order valence-electron chi connectivity index (χ2n) is 3.59. The minimum Gasteiger partial charge on any atom is -0.312 e. The van der Waals surface area contributed by atoms with Gasteiger partial charge >= 0.3 is 0 Å². The van der Waals surface area contributed by atoms with E-state index in [0.717, 1.165) is 12.8 Å². The maximum absolute atomic E-state index is 11.4. The molecule has 0 spiro atoms. The third kappa shape index (κ3) is 2.12. The van der Waals surface area contributed by atoms with Crippen molar-refractivity contribution in [3.8, 4) is 0 Å². The third-order valence-corrected chi connectivity index (χ3v) is 4.26. The summed E-state index contributed by atoms with van der Waals surface area (Å²) >= 11 is 4.48. The fourth-order valence-corrected chi connectivity index (χ4v) is 2.60. The Bertz CT molecular complexity index is 606. The molecule has 0 saturated heterocycles. The van der Waals surface area contributed by atoms with Crippen LogP contribution in [-0.2, 0) is 0 Å². The van der Waals surface area contributed by atoms with E-state index in [2.05, 4.69) is 41.4 Å². The standard InChI is InChI=1S/C8H7BrN6OS/c9-5-6(16)10-3-11-7(5)17-8-12-13-14-15(8)4-1-2-4/h3-4H,1-2H2,(H,10,11,16). The highest BCUT2D eigenvalue weighted by molar-refractivity contribution is 9.10. The largest absolute Gasteiger partial charge is 0.312 e. The molecule has 0 amide bonds. The maximum Gasteiger partial charge on any atom is 0.266 e. The summed E-state index contributed by atoms with van der Waals surface area (Å²) in [4.78, 5) is 18.0. The molecule has 0 radical (unpaired) electrons. The Morgan fingerprint density at radius 3 is 3.12 bits per heavy atom. The average molecular weight is 315 g/mol. The zero-order chi connectivity index (χ0) is 11.8. The lowest BCUT2D eigenvalue weighted by atomic mass is 10.7. The number of aromatic amines is 1. The van der Waals surface area contributed by atoms with E-state index in [4.69, 9.17) is 0 Å². The van der Waals surface area contributed by atoms with Crippen LogP contribution in [0, 0.1) is 0 Å². The first-order valence-electron chi connectivity index (χ1n) is 4.94. The predicted molar refractivity (Wildman–Crippen MR) is 62.8 cm³/mol. The van der Waals surface area contributed by atoms with Gasteiger partial charge in [0.2, 0.25) is 5.16 Å². The fourth-order valence-electron chi connectivity index (χ4n) is 1.33. The Balaban J connectivity index is 1.93. The van der Waals surface area contributed by atoms with Crippen molar-refractivity contribution < 1.29 is 0 Å². The lowest BCUT2D eigenvalue weighted by Gasteiger charge is -2.02. The first-order chi connectivity index (χ1) is 8.25. The van der Waals surface area contributed by atoms with E-state index in [0.29, 0.717) is 20.7 Å². The molecule has 0 unspecified atom stereocenters. The van der Waals surface area contributed by atoms with Gasteiger partial charge in [0, 0.05) is 0 Å². The van der Waals surface area contributed by atoms with Crippen LogP contribution in [0.3, 0.4) is 0 Å². The van der Waals surface area contributed by atoms with E-state index in [1.807, 2.05) is 0 Å². The highest BCUT2D eigenvalue weighted by Gasteiger charge is 2.28. The van der Waals surface area contributed by atoms with Crippen molar-refractivity contribution in [1.29, 1.82) is 0 Å². The van der Waals surface area contributed by atoms with Gasteiger partial charge in [-0.3, -0.25) is 4.79 Å². The number of rotatable bonds is 3. The van der Waals surface area contributed by atoms with Crippen LogP contribution in [0.25, 0.3) is 0 Å². The second kappa shape index (κ2) is 4.22. The zero-order valence-corrected chi connectivity index (χ0v) is 10.9. The lowest BCUT2D eigenvalue weighted by molar-refractivity contribution is 0.565. The van der Waals surface area contributed by atoms with Crippen molar-refractivity contribution in [2.75, 3.05) is 0 Å². The Morgan fingerprint density at radius 1 is 1.53 bits per heavy atom. The summed E-state index contributed by atoms with van der Waals surface area (Å²) in [6.07, 6.45) is 3.56.